The van der Waals surface area contributed by atoms with Gasteiger partial charge in [0, 0.05) is 28.8 Å². The number of carbonyl (C=O) groups excluding carboxylic acids is 1. The van der Waals surface area contributed by atoms with Crippen molar-refractivity contribution in [3.05, 3.63) is 32.4 Å². The van der Waals surface area contributed by atoms with Crippen molar-refractivity contribution >= 4 is 40.1 Å². The maximum absolute atomic E-state index is 12.4. The molecule has 5 heteroatoms. The predicted octanol–water partition coefficient (Wildman–Crippen LogP) is 3.44. The van der Waals surface area contributed by atoms with Gasteiger partial charge in [-0.1, -0.05) is 11.6 Å². The third-order valence-corrected chi connectivity index (χ3v) is 4.16. The third kappa shape index (κ3) is 4.10. The number of nitrogens with zero attached hydrogens (tertiary/aromatic N) is 1. The molecule has 0 bridgehead atoms. The van der Waals surface area contributed by atoms with Gasteiger partial charge in [-0.2, -0.15) is 0 Å². The van der Waals surface area contributed by atoms with E-state index in [1.807, 2.05) is 19.9 Å². The molecular weight excluding hydrogens is 365 g/mol. The first-order valence-electron chi connectivity index (χ1n) is 5.72. The van der Waals surface area contributed by atoms with Crippen LogP contribution < -0.4 is 0 Å². The number of carbonyl (C=O) groups is 1. The van der Waals surface area contributed by atoms with Crippen LogP contribution in [0.3, 0.4) is 0 Å². The average Bonchev–Trinajstić information content (AvgIpc) is 2.32. The highest BCUT2D eigenvalue weighted by atomic mass is 127. The summed E-state index contributed by atoms with van der Waals surface area (Å²) in [7, 11) is 1.63. The number of ether oxygens (including phenoxy) is 1. The third-order valence-electron chi connectivity index (χ3n) is 2.59. The summed E-state index contributed by atoms with van der Waals surface area (Å²) in [6.07, 6.45) is 0. The van der Waals surface area contributed by atoms with Crippen molar-refractivity contribution in [2.75, 3.05) is 20.3 Å². The van der Waals surface area contributed by atoms with Crippen LogP contribution in [0.1, 0.15) is 24.2 Å². The SMILES string of the molecule is COCCN(C(=O)c1ccc(I)c(Cl)c1)C(C)C. The van der Waals surface area contributed by atoms with Crippen molar-refractivity contribution in [2.24, 2.45) is 0 Å². The lowest BCUT2D eigenvalue weighted by molar-refractivity contribution is 0.0635. The van der Waals surface area contributed by atoms with E-state index in [4.69, 9.17) is 16.3 Å². The lowest BCUT2D eigenvalue weighted by Gasteiger charge is -2.26. The molecule has 1 aromatic carbocycles. The maximum Gasteiger partial charge on any atom is 0.254 e. The molecule has 0 N–H and O–H groups in total. The fourth-order valence-corrected chi connectivity index (χ4v) is 2.09. The van der Waals surface area contributed by atoms with Crippen LogP contribution in [0.25, 0.3) is 0 Å². The van der Waals surface area contributed by atoms with E-state index >= 15 is 0 Å². The van der Waals surface area contributed by atoms with Gasteiger partial charge < -0.3 is 9.64 Å². The Balaban J connectivity index is 2.91. The molecule has 0 fully saturated rings. The molecule has 0 unspecified atom stereocenters. The molecule has 3 nitrogen and oxygen atoms in total. The summed E-state index contributed by atoms with van der Waals surface area (Å²) in [4.78, 5) is 14.1. The Hall–Kier alpha value is -0.330. The average molecular weight is 382 g/mol. The summed E-state index contributed by atoms with van der Waals surface area (Å²) in [5.74, 6) is -0.0136. The Morgan fingerprint density at radius 3 is 2.67 bits per heavy atom. The van der Waals surface area contributed by atoms with Crippen LogP contribution in [0, 0.1) is 3.57 Å². The first-order valence-corrected chi connectivity index (χ1v) is 7.18. The van der Waals surface area contributed by atoms with E-state index in [0.717, 1.165) is 3.57 Å². The molecule has 1 rings (SSSR count). The molecule has 0 atom stereocenters. The van der Waals surface area contributed by atoms with E-state index in [1.165, 1.54) is 0 Å². The Morgan fingerprint density at radius 2 is 2.17 bits per heavy atom. The summed E-state index contributed by atoms with van der Waals surface area (Å²) in [6.45, 7) is 5.09. The molecular formula is C13H17ClINO2. The lowest BCUT2D eigenvalue weighted by Crippen LogP contribution is -2.39. The molecule has 0 aliphatic rings. The molecule has 1 amide bonds. The number of rotatable bonds is 5. The van der Waals surface area contributed by atoms with Crippen molar-refractivity contribution in [1.29, 1.82) is 0 Å². The molecule has 0 radical (unpaired) electrons. The largest absolute Gasteiger partial charge is 0.383 e. The van der Waals surface area contributed by atoms with Gasteiger partial charge in [0.15, 0.2) is 0 Å². The van der Waals surface area contributed by atoms with Crippen molar-refractivity contribution in [3.63, 3.8) is 0 Å². The highest BCUT2D eigenvalue weighted by Crippen LogP contribution is 2.21. The monoisotopic (exact) mass is 381 g/mol. The fourth-order valence-electron chi connectivity index (χ4n) is 1.58. The van der Waals surface area contributed by atoms with Gasteiger partial charge >= 0.3 is 0 Å². The Kier molecular flexibility index (Phi) is 6.38. The summed E-state index contributed by atoms with van der Waals surface area (Å²) >= 11 is 8.18. The predicted molar refractivity (Wildman–Crippen MR) is 82.2 cm³/mol. The van der Waals surface area contributed by atoms with Crippen LogP contribution in [0.15, 0.2) is 18.2 Å². The minimum atomic E-state index is -0.0136. The van der Waals surface area contributed by atoms with Gasteiger partial charge in [-0.3, -0.25) is 4.79 Å². The Labute approximate surface area is 127 Å². The van der Waals surface area contributed by atoms with Crippen LogP contribution in [-0.4, -0.2) is 37.1 Å². The summed E-state index contributed by atoms with van der Waals surface area (Å²) < 4.78 is 5.97. The van der Waals surface area contributed by atoms with E-state index in [-0.39, 0.29) is 11.9 Å². The summed E-state index contributed by atoms with van der Waals surface area (Å²) in [6, 6.07) is 5.50. The second-order valence-corrected chi connectivity index (χ2v) is 5.78. The smallest absolute Gasteiger partial charge is 0.254 e. The maximum atomic E-state index is 12.4. The molecule has 1 aromatic rings. The summed E-state index contributed by atoms with van der Waals surface area (Å²) in [5, 5.41) is 0.608. The zero-order chi connectivity index (χ0) is 13.7. The van der Waals surface area contributed by atoms with E-state index < -0.39 is 0 Å². The van der Waals surface area contributed by atoms with Crippen LogP contribution in [0.5, 0.6) is 0 Å². The fraction of sp³-hybridized carbons (Fsp3) is 0.462. The molecule has 0 spiro atoms. The molecule has 0 saturated carbocycles. The van der Waals surface area contributed by atoms with E-state index in [9.17, 15) is 4.79 Å². The van der Waals surface area contributed by atoms with E-state index in [0.29, 0.717) is 23.7 Å². The van der Waals surface area contributed by atoms with Crippen LogP contribution in [0.2, 0.25) is 5.02 Å². The number of hydrogen-bond donors (Lipinski definition) is 0. The molecule has 0 aliphatic heterocycles. The second-order valence-electron chi connectivity index (χ2n) is 4.21. The molecule has 0 aromatic heterocycles. The highest BCUT2D eigenvalue weighted by molar-refractivity contribution is 14.1. The van der Waals surface area contributed by atoms with Crippen molar-refractivity contribution in [2.45, 2.75) is 19.9 Å². The second kappa shape index (κ2) is 7.31. The number of benzene rings is 1. The molecule has 100 valence electrons. The normalized spacial score (nSPS) is 10.8. The Morgan fingerprint density at radius 1 is 1.50 bits per heavy atom. The lowest BCUT2D eigenvalue weighted by atomic mass is 10.1. The van der Waals surface area contributed by atoms with Crippen molar-refractivity contribution in [1.82, 2.24) is 4.90 Å². The quantitative estimate of drug-likeness (QED) is 0.731. The van der Waals surface area contributed by atoms with Crippen LogP contribution >= 0.6 is 34.2 Å². The van der Waals surface area contributed by atoms with Gasteiger partial charge in [0.05, 0.1) is 11.6 Å². The van der Waals surface area contributed by atoms with Crippen molar-refractivity contribution < 1.29 is 9.53 Å². The van der Waals surface area contributed by atoms with Gasteiger partial charge in [-0.15, -0.1) is 0 Å². The molecule has 0 saturated heterocycles. The number of hydrogen-bond acceptors (Lipinski definition) is 2. The Bertz CT molecular complexity index is 423. The highest BCUT2D eigenvalue weighted by Gasteiger charge is 2.18. The first-order chi connectivity index (χ1) is 8.47. The zero-order valence-corrected chi connectivity index (χ0v) is 13.7. The van der Waals surface area contributed by atoms with E-state index in [2.05, 4.69) is 22.6 Å². The summed E-state index contributed by atoms with van der Waals surface area (Å²) in [5.41, 5.74) is 0.616. The first kappa shape index (κ1) is 15.7. The number of methoxy groups -OCH3 is 1. The molecule has 18 heavy (non-hydrogen) atoms. The van der Waals surface area contributed by atoms with Gasteiger partial charge in [0.2, 0.25) is 0 Å². The number of halogens is 2. The van der Waals surface area contributed by atoms with Gasteiger partial charge in [-0.05, 0) is 54.6 Å². The minimum absolute atomic E-state index is 0.0136. The zero-order valence-electron chi connectivity index (χ0n) is 10.7. The van der Waals surface area contributed by atoms with Crippen molar-refractivity contribution in [3.8, 4) is 0 Å². The van der Waals surface area contributed by atoms with Crippen LogP contribution in [-0.2, 0) is 4.74 Å². The van der Waals surface area contributed by atoms with Crippen LogP contribution in [0.4, 0.5) is 0 Å². The standard InChI is InChI=1S/C13H17ClINO2/c1-9(2)16(6-7-18-3)13(17)10-4-5-12(15)11(14)8-10/h4-5,8-9H,6-7H2,1-3H3. The van der Waals surface area contributed by atoms with Gasteiger partial charge in [0.1, 0.15) is 0 Å². The minimum Gasteiger partial charge on any atom is -0.383 e. The molecule has 0 heterocycles. The topological polar surface area (TPSA) is 29.5 Å². The van der Waals surface area contributed by atoms with Gasteiger partial charge in [-0.25, -0.2) is 0 Å². The van der Waals surface area contributed by atoms with Gasteiger partial charge in [0.25, 0.3) is 5.91 Å². The number of amides is 1. The van der Waals surface area contributed by atoms with E-state index in [1.54, 1.807) is 24.1 Å². The molecule has 0 aliphatic carbocycles.